The normalized spacial score (nSPS) is 12.2. The minimum atomic E-state index is -4.72. The second kappa shape index (κ2) is 30.2. The third-order valence-electron chi connectivity index (χ3n) is 14.9. The van der Waals surface area contributed by atoms with Gasteiger partial charge in [-0.1, -0.05) is 167 Å². The number of para-hydroxylation sites is 3. The quantitative estimate of drug-likeness (QED) is 0.0258. The number of alkyl halides is 3. The maximum absolute atomic E-state index is 13.2. The summed E-state index contributed by atoms with van der Waals surface area (Å²) in [6.45, 7) is 23.5. The van der Waals surface area contributed by atoms with Crippen LogP contribution in [0.2, 0.25) is 5.02 Å². The van der Waals surface area contributed by atoms with Gasteiger partial charge >= 0.3 is 12.2 Å². The number of aryl methyl sites for hydroxylation is 3. The van der Waals surface area contributed by atoms with E-state index >= 15 is 0 Å². The summed E-state index contributed by atoms with van der Waals surface area (Å²) in [6, 6.07) is 26.3. The third-order valence-corrected chi connectivity index (χ3v) is 15.3. The molecule has 0 aliphatic heterocycles. The Kier molecular flexibility index (Phi) is 23.6. The van der Waals surface area contributed by atoms with Crippen LogP contribution in [0.4, 0.5) is 23.8 Å². The number of nitrogens with one attached hydrogen (secondary N) is 5. The van der Waals surface area contributed by atoms with Crippen molar-refractivity contribution in [1.29, 1.82) is 0 Å². The monoisotopic (exact) mass is 1140 g/mol. The van der Waals surface area contributed by atoms with Crippen molar-refractivity contribution in [2.45, 2.75) is 182 Å². The number of anilines is 1. The number of unbranched alkanes of at least 4 members (excludes halogenated alkanes) is 6. The predicted molar refractivity (Wildman–Crippen MR) is 320 cm³/mol. The van der Waals surface area contributed by atoms with Crippen LogP contribution in [0.5, 0.6) is 11.5 Å². The minimum absolute atomic E-state index is 0.0594. The summed E-state index contributed by atoms with van der Waals surface area (Å²) in [5.41, 5.74) is 13.5. The molecular weight excluding hydrogens is 1050 g/mol. The fraction of sp³-hybridized carbons (Fsp3) is 0.500. The molecule has 15 nitrogen and oxygen atoms in total. The molecule has 0 saturated heterocycles. The first-order chi connectivity index (χ1) is 38.8. The van der Waals surface area contributed by atoms with E-state index in [1.165, 1.54) is 54.9 Å². The topological polar surface area (TPSA) is 185 Å². The van der Waals surface area contributed by atoms with E-state index < -0.39 is 18.0 Å². The zero-order chi connectivity index (χ0) is 58.6. The molecule has 4 heterocycles. The van der Waals surface area contributed by atoms with Gasteiger partial charge in [-0.15, -0.1) is 5.10 Å². The lowest BCUT2D eigenvalue weighted by molar-refractivity contribution is -0.144. The molecule has 0 spiro atoms. The number of ether oxygens (including phenoxy) is 2. The van der Waals surface area contributed by atoms with E-state index in [1.54, 1.807) is 22.8 Å². The lowest BCUT2D eigenvalue weighted by atomic mass is 9.76. The summed E-state index contributed by atoms with van der Waals surface area (Å²) in [7, 11) is 0. The lowest BCUT2D eigenvalue weighted by Gasteiger charge is -2.30. The van der Waals surface area contributed by atoms with Gasteiger partial charge in [0.1, 0.15) is 27.6 Å². The molecule has 0 saturated carbocycles. The largest absolute Gasteiger partial charge is 0.493 e. The van der Waals surface area contributed by atoms with E-state index in [9.17, 15) is 18.0 Å². The first-order valence-corrected chi connectivity index (χ1v) is 29.2. The summed E-state index contributed by atoms with van der Waals surface area (Å²) in [6.07, 6.45) is 10.5. The van der Waals surface area contributed by atoms with Crippen molar-refractivity contribution in [2.24, 2.45) is 0 Å². The average Bonchev–Trinajstić information content (AvgIpc) is 4.21. The summed E-state index contributed by atoms with van der Waals surface area (Å²) in [5.74, 6) is 1.49. The van der Waals surface area contributed by atoms with Gasteiger partial charge in [0, 0.05) is 23.4 Å². The van der Waals surface area contributed by atoms with Crippen LogP contribution in [-0.2, 0) is 29.8 Å². The van der Waals surface area contributed by atoms with Gasteiger partial charge in [-0.2, -0.15) is 33.2 Å². The number of fused-ring (bicyclic) bond motifs is 3. The smallest absolute Gasteiger partial charge is 0.451 e. The molecule has 0 fully saturated rings. The fourth-order valence-electron chi connectivity index (χ4n) is 8.90. The number of nitrogens with zero attached hydrogens (tertiary/aromatic N) is 7. The number of benzene rings is 4. The molecule has 2 amide bonds. The molecule has 4 aromatic carbocycles. The van der Waals surface area contributed by atoms with Crippen molar-refractivity contribution in [3.05, 3.63) is 130 Å². The highest BCUT2D eigenvalue weighted by Crippen LogP contribution is 2.39. The number of halogens is 4. The van der Waals surface area contributed by atoms with Gasteiger partial charge in [-0.3, -0.25) is 16.0 Å². The van der Waals surface area contributed by atoms with Gasteiger partial charge in [0.15, 0.2) is 17.3 Å². The summed E-state index contributed by atoms with van der Waals surface area (Å²) in [4.78, 5) is 24.1. The maximum atomic E-state index is 13.2. The summed E-state index contributed by atoms with van der Waals surface area (Å²) in [5, 5.41) is 22.0. The fourth-order valence-corrected chi connectivity index (χ4v) is 9.16. The number of carbonyl (C=O) groups is 1. The molecule has 0 bridgehead atoms. The van der Waals surface area contributed by atoms with Crippen molar-refractivity contribution in [2.75, 3.05) is 25.2 Å². The van der Waals surface area contributed by atoms with E-state index in [2.05, 4.69) is 151 Å². The molecule has 0 aliphatic rings. The van der Waals surface area contributed by atoms with Crippen molar-refractivity contribution < 1.29 is 27.4 Å². The Morgan fingerprint density at radius 1 is 0.728 bits per heavy atom. The highest BCUT2D eigenvalue weighted by atomic mass is 35.5. The second-order valence-electron chi connectivity index (χ2n) is 22.0. The summed E-state index contributed by atoms with van der Waals surface area (Å²) >= 11 is 6.55. The average molecular weight is 1140 g/mol. The Morgan fingerprint density at radius 2 is 1.37 bits per heavy atom. The van der Waals surface area contributed by atoms with Crippen LogP contribution in [-0.4, -0.2) is 71.0 Å². The Labute approximate surface area is 480 Å². The standard InChI is InChI=1S/C29H38F3N5O2.C27H41ClN4O.C6H5N3/c1-7-27(3,4)19-14-15-23(21(18-19)28(5,6)8-2)39-17-11-16-33-26(38)37-36-24-20-12-9-10-13-22(20)34-25(35-24)29(30,31)32;1-5-7-9-10-11-12-18-33-24-17-14-20(3)19-22(24)16-15-21(4)26-29-27-25(28)23(13-8-6-2)30-32(27)31-26;1-2-4-6-5(3-1)7-9-8-6/h9-10,12-15,18H,7-8,11,16-17H2,1-6H3,(H2,33,37,38)(H,34,35,36);14,17,19,21,30H,5-13,15-16,18H2,1-4H3;1-4H,(H,7,8,9). The van der Waals surface area contributed by atoms with Crippen molar-refractivity contribution >= 4 is 51.0 Å². The molecule has 8 aromatic rings. The van der Waals surface area contributed by atoms with Gasteiger partial charge in [0.05, 0.1) is 24.4 Å². The molecule has 5 N–H and O–H groups in total. The van der Waals surface area contributed by atoms with Crippen LogP contribution < -0.4 is 25.6 Å². The highest BCUT2D eigenvalue weighted by Gasteiger charge is 2.36. The zero-order valence-corrected chi connectivity index (χ0v) is 49.8. The summed E-state index contributed by atoms with van der Waals surface area (Å²) < 4.78 is 53.6. The van der Waals surface area contributed by atoms with E-state index in [0.717, 1.165) is 103 Å². The van der Waals surface area contributed by atoms with Crippen LogP contribution in [0.25, 0.3) is 27.6 Å². The Balaban J connectivity index is 0.000000227. The van der Waals surface area contributed by atoms with Crippen LogP contribution in [0.15, 0.2) is 84.9 Å². The predicted octanol–water partition coefficient (Wildman–Crippen LogP) is 15.9. The Bertz CT molecular complexity index is 3190. The van der Waals surface area contributed by atoms with Crippen LogP contribution in [0.3, 0.4) is 0 Å². The molecule has 0 radical (unpaired) electrons. The maximum Gasteiger partial charge on any atom is 0.451 e. The molecule has 0 aliphatic carbocycles. The van der Waals surface area contributed by atoms with Gasteiger partial charge < -0.3 is 14.8 Å². The number of urea groups is 1. The van der Waals surface area contributed by atoms with Crippen molar-refractivity contribution in [1.82, 2.24) is 55.9 Å². The van der Waals surface area contributed by atoms with Crippen molar-refractivity contribution in [3.63, 3.8) is 0 Å². The highest BCUT2D eigenvalue weighted by molar-refractivity contribution is 6.34. The van der Waals surface area contributed by atoms with Crippen LogP contribution in [0, 0.1) is 6.92 Å². The minimum Gasteiger partial charge on any atom is -0.493 e. The molecule has 1 unspecified atom stereocenters. The number of H-pyrrole nitrogens is 2. The number of rotatable bonds is 26. The van der Waals surface area contributed by atoms with Gasteiger partial charge in [-0.05, 0) is 117 Å². The van der Waals surface area contributed by atoms with E-state index in [4.69, 9.17) is 26.1 Å². The number of aromatic amines is 2. The first kappa shape index (κ1) is 63.2. The molecule has 81 heavy (non-hydrogen) atoms. The van der Waals surface area contributed by atoms with Gasteiger partial charge in [0.25, 0.3) is 0 Å². The number of hydrazine groups is 1. The first-order valence-electron chi connectivity index (χ1n) is 28.8. The second-order valence-corrected chi connectivity index (χ2v) is 22.4. The number of amides is 2. The number of hydrogen-bond donors (Lipinski definition) is 5. The Morgan fingerprint density at radius 3 is 2.05 bits per heavy atom. The lowest BCUT2D eigenvalue weighted by Crippen LogP contribution is -2.40. The van der Waals surface area contributed by atoms with Crippen LogP contribution in [0.1, 0.15) is 185 Å². The molecule has 1 atom stereocenters. The molecule has 438 valence electrons. The number of hydrogen-bond acceptors (Lipinski definition) is 10. The van der Waals surface area contributed by atoms with Gasteiger partial charge in [0.2, 0.25) is 5.82 Å². The third kappa shape index (κ3) is 18.3. The molecule has 19 heteroatoms. The van der Waals surface area contributed by atoms with Crippen LogP contribution >= 0.6 is 11.6 Å². The zero-order valence-electron chi connectivity index (χ0n) is 49.0. The van der Waals surface area contributed by atoms with Crippen molar-refractivity contribution in [3.8, 4) is 11.5 Å². The molecule has 4 aromatic heterocycles. The van der Waals surface area contributed by atoms with E-state index in [1.807, 2.05) is 30.3 Å². The van der Waals surface area contributed by atoms with Gasteiger partial charge in [-0.25, -0.2) is 19.7 Å². The van der Waals surface area contributed by atoms with E-state index in [-0.39, 0.29) is 28.1 Å². The number of carbonyl (C=O) groups excluding carboxylic acids is 1. The molecular formula is C62H84ClF3N12O3. The Hall–Kier alpha value is -6.95. The number of aromatic nitrogens is 9. The SMILES string of the molecule is CCC(C)(C)c1ccc(OCCCNC(=O)NNc2nc(C(F)(F)F)nc3ccccc23)c(C(C)(C)CC)c1.CCCCCCCCOc1ccc(C)cc1CCC(C)c1nc2c(Cl)c(CCCC)[nH]n2n1.c1ccc2n[nH]nc2c1. The van der Waals surface area contributed by atoms with E-state index in [0.29, 0.717) is 30.0 Å². The molecule has 8 rings (SSSR count).